The van der Waals surface area contributed by atoms with Crippen LogP contribution < -0.4 is 9.62 Å². The lowest BCUT2D eigenvalue weighted by atomic mass is 10.1. The van der Waals surface area contributed by atoms with Gasteiger partial charge in [0.2, 0.25) is 5.91 Å². The zero-order valence-electron chi connectivity index (χ0n) is 16.5. The van der Waals surface area contributed by atoms with E-state index < -0.39 is 10.0 Å². The predicted molar refractivity (Wildman–Crippen MR) is 115 cm³/mol. The van der Waals surface area contributed by atoms with E-state index in [0.717, 1.165) is 16.7 Å². The van der Waals surface area contributed by atoms with Crippen molar-refractivity contribution in [2.75, 3.05) is 10.8 Å². The molecule has 0 radical (unpaired) electrons. The number of anilines is 1. The molecule has 0 spiro atoms. The number of rotatable bonds is 7. The molecule has 0 saturated carbocycles. The normalized spacial score (nSPS) is 11.1. The van der Waals surface area contributed by atoms with Crippen molar-refractivity contribution in [3.63, 3.8) is 0 Å². The SMILES string of the molecule is Cc1cccc(CNC(=O)CN(c2ccccc2C)S(=O)(=O)c2ccccc2)c1. The van der Waals surface area contributed by atoms with E-state index in [1.807, 2.05) is 50.2 Å². The van der Waals surface area contributed by atoms with Gasteiger partial charge < -0.3 is 5.32 Å². The molecule has 150 valence electrons. The third-order valence-corrected chi connectivity index (χ3v) is 6.35. The highest BCUT2D eigenvalue weighted by molar-refractivity contribution is 7.92. The summed E-state index contributed by atoms with van der Waals surface area (Å²) in [5.41, 5.74) is 3.33. The van der Waals surface area contributed by atoms with Gasteiger partial charge in [0.25, 0.3) is 10.0 Å². The summed E-state index contributed by atoms with van der Waals surface area (Å²) in [6.45, 7) is 3.85. The number of hydrogen-bond donors (Lipinski definition) is 1. The largest absolute Gasteiger partial charge is 0.350 e. The maximum absolute atomic E-state index is 13.3. The molecule has 3 aromatic rings. The summed E-state index contributed by atoms with van der Waals surface area (Å²) in [6, 6.07) is 23.1. The Balaban J connectivity index is 1.86. The van der Waals surface area contributed by atoms with Gasteiger partial charge in [-0.2, -0.15) is 0 Å². The van der Waals surface area contributed by atoms with Crippen LogP contribution in [0.15, 0.2) is 83.8 Å². The Morgan fingerprint density at radius 1 is 0.897 bits per heavy atom. The molecular formula is C23H24N2O3S. The smallest absolute Gasteiger partial charge is 0.264 e. The first-order valence-electron chi connectivity index (χ1n) is 9.33. The number of benzene rings is 3. The topological polar surface area (TPSA) is 66.5 Å². The Morgan fingerprint density at radius 3 is 2.28 bits per heavy atom. The molecule has 0 fully saturated rings. The number of nitrogens with one attached hydrogen (secondary N) is 1. The number of para-hydroxylation sites is 1. The molecule has 5 nitrogen and oxygen atoms in total. The summed E-state index contributed by atoms with van der Waals surface area (Å²) in [5, 5.41) is 2.82. The minimum absolute atomic E-state index is 0.148. The average molecular weight is 409 g/mol. The van der Waals surface area contributed by atoms with Gasteiger partial charge in [0.1, 0.15) is 6.54 Å². The summed E-state index contributed by atoms with van der Waals surface area (Å²) in [7, 11) is -3.89. The Kier molecular flexibility index (Phi) is 6.34. The Hall–Kier alpha value is -3.12. The van der Waals surface area contributed by atoms with Gasteiger partial charge in [-0.1, -0.05) is 66.2 Å². The van der Waals surface area contributed by atoms with Crippen LogP contribution in [0.5, 0.6) is 0 Å². The number of carbonyl (C=O) groups is 1. The molecule has 0 heterocycles. The van der Waals surface area contributed by atoms with E-state index in [1.54, 1.807) is 30.3 Å². The first kappa shape index (κ1) is 20.6. The number of amides is 1. The molecular weight excluding hydrogens is 384 g/mol. The fraction of sp³-hybridized carbons (Fsp3) is 0.174. The number of hydrogen-bond acceptors (Lipinski definition) is 3. The standard InChI is InChI=1S/C23H24N2O3S/c1-18-9-8-11-20(15-18)16-24-23(26)17-25(22-14-7-6-10-19(22)2)29(27,28)21-12-4-3-5-13-21/h3-15H,16-17H2,1-2H3,(H,24,26). The highest BCUT2D eigenvalue weighted by Crippen LogP contribution is 2.26. The van der Waals surface area contributed by atoms with Crippen LogP contribution >= 0.6 is 0 Å². The molecule has 0 atom stereocenters. The lowest BCUT2D eigenvalue weighted by Gasteiger charge is -2.25. The summed E-state index contributed by atoms with van der Waals surface area (Å²) >= 11 is 0. The molecule has 1 amide bonds. The molecule has 0 aromatic heterocycles. The van der Waals surface area contributed by atoms with E-state index in [0.29, 0.717) is 12.2 Å². The van der Waals surface area contributed by atoms with Crippen molar-refractivity contribution < 1.29 is 13.2 Å². The van der Waals surface area contributed by atoms with Gasteiger partial charge in [-0.3, -0.25) is 9.10 Å². The summed E-state index contributed by atoms with van der Waals surface area (Å²) in [6.07, 6.45) is 0. The van der Waals surface area contributed by atoms with Crippen LogP contribution in [0.3, 0.4) is 0 Å². The molecule has 0 aliphatic heterocycles. The molecule has 3 rings (SSSR count). The Labute approximate surface area is 172 Å². The van der Waals surface area contributed by atoms with Crippen LogP contribution in [-0.2, 0) is 21.4 Å². The third-order valence-electron chi connectivity index (χ3n) is 4.57. The van der Waals surface area contributed by atoms with E-state index in [4.69, 9.17) is 0 Å². The van der Waals surface area contributed by atoms with Gasteiger partial charge in [-0.15, -0.1) is 0 Å². The molecule has 0 aliphatic carbocycles. The van der Waals surface area contributed by atoms with Gasteiger partial charge in [-0.05, 0) is 43.2 Å². The molecule has 29 heavy (non-hydrogen) atoms. The predicted octanol–water partition coefficient (Wildman–Crippen LogP) is 3.82. The van der Waals surface area contributed by atoms with Crippen molar-refractivity contribution in [3.8, 4) is 0 Å². The first-order chi connectivity index (χ1) is 13.9. The number of aryl methyl sites for hydroxylation is 2. The second-order valence-electron chi connectivity index (χ2n) is 6.88. The molecule has 0 saturated heterocycles. The van der Waals surface area contributed by atoms with Crippen molar-refractivity contribution in [2.24, 2.45) is 0 Å². The summed E-state index contributed by atoms with van der Waals surface area (Å²) in [4.78, 5) is 12.8. The zero-order valence-corrected chi connectivity index (χ0v) is 17.3. The molecule has 0 bridgehead atoms. The second kappa shape index (κ2) is 8.92. The van der Waals surface area contributed by atoms with E-state index in [9.17, 15) is 13.2 Å². The molecule has 0 unspecified atom stereocenters. The number of nitrogens with zero attached hydrogens (tertiary/aromatic N) is 1. The van der Waals surface area contributed by atoms with Crippen molar-refractivity contribution in [1.82, 2.24) is 5.32 Å². The van der Waals surface area contributed by atoms with Crippen LogP contribution in [0.4, 0.5) is 5.69 Å². The maximum atomic E-state index is 13.3. The molecule has 3 aromatic carbocycles. The highest BCUT2D eigenvalue weighted by atomic mass is 32.2. The second-order valence-corrected chi connectivity index (χ2v) is 8.74. The highest BCUT2D eigenvalue weighted by Gasteiger charge is 2.27. The van der Waals surface area contributed by atoms with E-state index in [1.165, 1.54) is 16.4 Å². The lowest BCUT2D eigenvalue weighted by Crippen LogP contribution is -2.41. The van der Waals surface area contributed by atoms with Crippen LogP contribution in [0.25, 0.3) is 0 Å². The quantitative estimate of drug-likeness (QED) is 0.646. The van der Waals surface area contributed by atoms with Gasteiger partial charge in [0, 0.05) is 6.54 Å². The van der Waals surface area contributed by atoms with E-state index in [2.05, 4.69) is 5.32 Å². The molecule has 1 N–H and O–H groups in total. The van der Waals surface area contributed by atoms with Gasteiger partial charge in [0.15, 0.2) is 0 Å². The fourth-order valence-electron chi connectivity index (χ4n) is 3.07. The van der Waals surface area contributed by atoms with Crippen molar-refractivity contribution in [2.45, 2.75) is 25.3 Å². The minimum atomic E-state index is -3.89. The summed E-state index contributed by atoms with van der Waals surface area (Å²) < 4.78 is 27.7. The van der Waals surface area contributed by atoms with Crippen molar-refractivity contribution in [3.05, 3.63) is 95.6 Å². The Bertz CT molecular complexity index is 1100. The van der Waals surface area contributed by atoms with Crippen LogP contribution in [0.2, 0.25) is 0 Å². The van der Waals surface area contributed by atoms with Crippen LogP contribution in [-0.4, -0.2) is 20.9 Å². The third kappa shape index (κ3) is 5.03. The number of sulfonamides is 1. The fourth-order valence-corrected chi connectivity index (χ4v) is 4.58. The summed E-state index contributed by atoms with van der Waals surface area (Å²) in [5.74, 6) is -0.366. The van der Waals surface area contributed by atoms with E-state index in [-0.39, 0.29) is 17.3 Å². The monoisotopic (exact) mass is 408 g/mol. The molecule has 6 heteroatoms. The lowest BCUT2D eigenvalue weighted by molar-refractivity contribution is -0.119. The van der Waals surface area contributed by atoms with E-state index >= 15 is 0 Å². The van der Waals surface area contributed by atoms with Gasteiger partial charge in [-0.25, -0.2) is 8.42 Å². The number of carbonyl (C=O) groups excluding carboxylic acids is 1. The van der Waals surface area contributed by atoms with Crippen molar-refractivity contribution in [1.29, 1.82) is 0 Å². The molecule has 0 aliphatic rings. The van der Waals surface area contributed by atoms with Crippen LogP contribution in [0.1, 0.15) is 16.7 Å². The maximum Gasteiger partial charge on any atom is 0.264 e. The van der Waals surface area contributed by atoms with Gasteiger partial charge >= 0.3 is 0 Å². The Morgan fingerprint density at radius 2 is 1.59 bits per heavy atom. The average Bonchev–Trinajstić information content (AvgIpc) is 2.72. The van der Waals surface area contributed by atoms with Gasteiger partial charge in [0.05, 0.1) is 10.6 Å². The zero-order chi connectivity index (χ0) is 20.9. The minimum Gasteiger partial charge on any atom is -0.350 e. The van der Waals surface area contributed by atoms with Crippen molar-refractivity contribution >= 4 is 21.6 Å². The first-order valence-corrected chi connectivity index (χ1v) is 10.8. The van der Waals surface area contributed by atoms with Crippen LogP contribution in [0, 0.1) is 13.8 Å².